The molecule has 0 bridgehead atoms. The molecule has 0 saturated heterocycles. The van der Waals surface area contributed by atoms with Crippen LogP contribution in [-0.2, 0) is 10.8 Å². The predicted molar refractivity (Wildman–Crippen MR) is 72.9 cm³/mol. The van der Waals surface area contributed by atoms with Gasteiger partial charge in [0.05, 0.1) is 27.9 Å². The fourth-order valence-electron chi connectivity index (χ4n) is 1.46. The highest BCUT2D eigenvalue weighted by Gasteiger charge is 2.13. The van der Waals surface area contributed by atoms with E-state index < -0.39 is 10.8 Å². The monoisotopic (exact) mass is 280 g/mol. The van der Waals surface area contributed by atoms with E-state index in [2.05, 4.69) is 0 Å². The van der Waals surface area contributed by atoms with Gasteiger partial charge in [0.1, 0.15) is 5.75 Å². The van der Waals surface area contributed by atoms with Crippen molar-refractivity contribution in [1.82, 2.24) is 0 Å². The Morgan fingerprint density at radius 3 is 2.83 bits per heavy atom. The van der Waals surface area contributed by atoms with Gasteiger partial charge in [-0.3, -0.25) is 9.00 Å². The van der Waals surface area contributed by atoms with Crippen LogP contribution >= 0.6 is 11.3 Å². The average Bonchev–Trinajstić information content (AvgIpc) is 2.92. The SMILES string of the molecule is COc1cccc(C(=O)CS(=O)c2cccs2)c1. The number of ketones is 1. The van der Waals surface area contributed by atoms with E-state index in [-0.39, 0.29) is 11.5 Å². The Balaban J connectivity index is 2.10. The van der Waals surface area contributed by atoms with Gasteiger partial charge in [-0.25, -0.2) is 0 Å². The van der Waals surface area contributed by atoms with Crippen LogP contribution in [0.1, 0.15) is 10.4 Å². The molecule has 0 spiro atoms. The second-order valence-electron chi connectivity index (χ2n) is 3.58. The van der Waals surface area contributed by atoms with Crippen LogP contribution in [0.3, 0.4) is 0 Å². The van der Waals surface area contributed by atoms with Crippen molar-refractivity contribution in [2.24, 2.45) is 0 Å². The highest BCUT2D eigenvalue weighted by Crippen LogP contribution is 2.17. The highest BCUT2D eigenvalue weighted by atomic mass is 32.2. The average molecular weight is 280 g/mol. The van der Waals surface area contributed by atoms with E-state index in [0.717, 1.165) is 4.21 Å². The van der Waals surface area contributed by atoms with Crippen LogP contribution < -0.4 is 4.74 Å². The molecule has 1 aromatic carbocycles. The molecule has 5 heteroatoms. The van der Waals surface area contributed by atoms with Gasteiger partial charge in [0, 0.05) is 5.56 Å². The van der Waals surface area contributed by atoms with Crippen LogP contribution in [0, 0.1) is 0 Å². The van der Waals surface area contributed by atoms with Crippen LogP contribution in [0.25, 0.3) is 0 Å². The van der Waals surface area contributed by atoms with Crippen LogP contribution in [0.5, 0.6) is 5.75 Å². The highest BCUT2D eigenvalue weighted by molar-refractivity contribution is 7.88. The summed E-state index contributed by atoms with van der Waals surface area (Å²) in [5.74, 6) is 0.497. The molecule has 18 heavy (non-hydrogen) atoms. The fraction of sp³-hybridized carbons (Fsp3) is 0.154. The third-order valence-corrected chi connectivity index (χ3v) is 4.99. The summed E-state index contributed by atoms with van der Waals surface area (Å²) in [6, 6.07) is 10.5. The summed E-state index contributed by atoms with van der Waals surface area (Å²) in [6.07, 6.45) is 0. The quantitative estimate of drug-likeness (QED) is 0.791. The molecule has 0 amide bonds. The molecule has 0 N–H and O–H groups in total. The van der Waals surface area contributed by atoms with Gasteiger partial charge in [0.15, 0.2) is 5.78 Å². The Morgan fingerprint density at radius 2 is 2.17 bits per heavy atom. The van der Waals surface area contributed by atoms with Crippen molar-refractivity contribution < 1.29 is 13.7 Å². The number of hydrogen-bond acceptors (Lipinski definition) is 4. The van der Waals surface area contributed by atoms with Crippen molar-refractivity contribution in [1.29, 1.82) is 0 Å². The molecule has 0 radical (unpaired) electrons. The summed E-state index contributed by atoms with van der Waals surface area (Å²) in [7, 11) is 0.286. The molecule has 0 saturated carbocycles. The lowest BCUT2D eigenvalue weighted by molar-refractivity contribution is 0.102. The lowest BCUT2D eigenvalue weighted by Crippen LogP contribution is -2.10. The van der Waals surface area contributed by atoms with Gasteiger partial charge in [-0.2, -0.15) is 0 Å². The van der Waals surface area contributed by atoms with E-state index in [4.69, 9.17) is 4.74 Å². The van der Waals surface area contributed by atoms with Gasteiger partial charge < -0.3 is 4.74 Å². The van der Waals surface area contributed by atoms with Gasteiger partial charge >= 0.3 is 0 Å². The van der Waals surface area contributed by atoms with Gasteiger partial charge in [-0.05, 0) is 23.6 Å². The molecule has 1 aromatic heterocycles. The fourth-order valence-corrected chi connectivity index (χ4v) is 3.46. The first-order valence-electron chi connectivity index (χ1n) is 5.30. The van der Waals surface area contributed by atoms with Crippen molar-refractivity contribution in [3.63, 3.8) is 0 Å². The Kier molecular flexibility index (Phi) is 4.28. The van der Waals surface area contributed by atoms with Gasteiger partial charge in [0.2, 0.25) is 0 Å². The largest absolute Gasteiger partial charge is 0.497 e. The number of ether oxygens (including phenoxy) is 1. The summed E-state index contributed by atoms with van der Waals surface area (Å²) in [6.45, 7) is 0. The van der Waals surface area contributed by atoms with Crippen molar-refractivity contribution >= 4 is 27.9 Å². The minimum absolute atomic E-state index is 0.00762. The minimum atomic E-state index is -1.26. The van der Waals surface area contributed by atoms with Crippen molar-refractivity contribution in [3.8, 4) is 5.75 Å². The molecule has 1 unspecified atom stereocenters. The van der Waals surface area contributed by atoms with E-state index in [0.29, 0.717) is 11.3 Å². The third kappa shape index (κ3) is 3.05. The summed E-state index contributed by atoms with van der Waals surface area (Å²) >= 11 is 1.40. The van der Waals surface area contributed by atoms with Crippen molar-refractivity contribution in [3.05, 3.63) is 47.3 Å². The first-order valence-corrected chi connectivity index (χ1v) is 7.49. The molecule has 0 fully saturated rings. The summed E-state index contributed by atoms with van der Waals surface area (Å²) in [4.78, 5) is 12.0. The normalized spacial score (nSPS) is 12.1. The molecule has 0 aliphatic heterocycles. The number of hydrogen-bond donors (Lipinski definition) is 0. The standard InChI is InChI=1S/C13H12O3S2/c1-16-11-5-2-4-10(8-11)12(14)9-18(15)13-6-3-7-17-13/h2-8H,9H2,1H3. The van der Waals surface area contributed by atoms with Crippen LogP contribution in [0.15, 0.2) is 46.0 Å². The first kappa shape index (κ1) is 13.0. The number of benzene rings is 1. The summed E-state index contributed by atoms with van der Waals surface area (Å²) < 4.78 is 17.7. The maximum absolute atomic E-state index is 12.0. The van der Waals surface area contributed by atoms with Crippen LogP contribution in [0.2, 0.25) is 0 Å². The third-order valence-electron chi connectivity index (χ3n) is 2.37. The van der Waals surface area contributed by atoms with Crippen LogP contribution in [-0.4, -0.2) is 22.9 Å². The Morgan fingerprint density at radius 1 is 1.33 bits per heavy atom. The molecular formula is C13H12O3S2. The Hall–Kier alpha value is -1.46. The molecule has 3 nitrogen and oxygen atoms in total. The lowest BCUT2D eigenvalue weighted by atomic mass is 10.1. The number of carbonyl (C=O) groups excluding carboxylic acids is 1. The van der Waals surface area contributed by atoms with E-state index in [9.17, 15) is 9.00 Å². The molecule has 1 heterocycles. The molecule has 2 rings (SSSR count). The zero-order valence-electron chi connectivity index (χ0n) is 9.79. The zero-order chi connectivity index (χ0) is 13.0. The molecule has 2 aromatic rings. The first-order chi connectivity index (χ1) is 8.70. The number of carbonyl (C=O) groups is 1. The predicted octanol–water partition coefficient (Wildman–Crippen LogP) is 2.75. The second kappa shape index (κ2) is 5.93. The lowest BCUT2D eigenvalue weighted by Gasteiger charge is -2.03. The van der Waals surface area contributed by atoms with E-state index in [1.54, 1.807) is 37.4 Å². The van der Waals surface area contributed by atoms with Gasteiger partial charge in [0.25, 0.3) is 0 Å². The topological polar surface area (TPSA) is 43.4 Å². The number of rotatable bonds is 5. The van der Waals surface area contributed by atoms with E-state index in [1.807, 2.05) is 11.4 Å². The molecule has 94 valence electrons. The van der Waals surface area contributed by atoms with Gasteiger partial charge in [-0.1, -0.05) is 18.2 Å². The number of methoxy groups -OCH3 is 1. The van der Waals surface area contributed by atoms with Crippen molar-refractivity contribution in [2.75, 3.05) is 12.9 Å². The maximum atomic E-state index is 12.0. The Labute approximate surface area is 112 Å². The van der Waals surface area contributed by atoms with Gasteiger partial charge in [-0.15, -0.1) is 11.3 Å². The second-order valence-corrected chi connectivity index (χ2v) is 6.20. The summed E-state index contributed by atoms with van der Waals surface area (Å²) in [5.41, 5.74) is 0.527. The molecule has 0 aliphatic rings. The maximum Gasteiger partial charge on any atom is 0.175 e. The molecule has 1 atom stereocenters. The zero-order valence-corrected chi connectivity index (χ0v) is 11.4. The van der Waals surface area contributed by atoms with Crippen molar-refractivity contribution in [2.45, 2.75) is 4.21 Å². The van der Waals surface area contributed by atoms with Crippen LogP contribution in [0.4, 0.5) is 0 Å². The molecular weight excluding hydrogens is 268 g/mol. The minimum Gasteiger partial charge on any atom is -0.497 e. The summed E-state index contributed by atoms with van der Waals surface area (Å²) in [5, 5.41) is 1.85. The number of Topliss-reactive ketones (excluding diaryl/α,β-unsaturated/α-hetero) is 1. The smallest absolute Gasteiger partial charge is 0.175 e. The molecule has 0 aliphatic carbocycles. The Bertz CT molecular complexity index is 561. The van der Waals surface area contributed by atoms with E-state index >= 15 is 0 Å². The van der Waals surface area contributed by atoms with E-state index in [1.165, 1.54) is 11.3 Å². The number of thiophene rings is 1.